The molecule has 3 N–H and O–H groups in total. The monoisotopic (exact) mass is 301 g/mol. The third kappa shape index (κ3) is 2.87. The Morgan fingerprint density at radius 1 is 1.53 bits per heavy atom. The smallest absolute Gasteiger partial charge is 0.280 e. The van der Waals surface area contributed by atoms with Gasteiger partial charge in [-0.3, -0.25) is 4.79 Å². The third-order valence-corrected chi connectivity index (χ3v) is 4.19. The van der Waals surface area contributed by atoms with Gasteiger partial charge in [-0.2, -0.15) is 5.10 Å². The average Bonchev–Trinajstić information content (AvgIpc) is 2.78. The summed E-state index contributed by atoms with van der Waals surface area (Å²) in [4.78, 5) is 11.3. The van der Waals surface area contributed by atoms with Crippen LogP contribution in [0.5, 0.6) is 0 Å². The Balaban J connectivity index is 1.98. The molecule has 2 atom stereocenters. The molecule has 17 heavy (non-hydrogen) atoms. The lowest BCUT2D eigenvalue weighted by molar-refractivity contribution is 0.199. The summed E-state index contributed by atoms with van der Waals surface area (Å²) in [6.45, 7) is 1.02. The van der Waals surface area contributed by atoms with Crippen LogP contribution >= 0.6 is 15.9 Å². The number of nitrogens with zero attached hydrogens (tertiary/aromatic N) is 1. The van der Waals surface area contributed by atoms with E-state index in [0.717, 1.165) is 19.4 Å². The van der Waals surface area contributed by atoms with E-state index >= 15 is 0 Å². The number of hydrogen-bond acceptors (Lipinski definition) is 4. The molecule has 6 heteroatoms. The zero-order valence-electron chi connectivity index (χ0n) is 9.45. The number of rotatable bonds is 4. The lowest BCUT2D eigenvalue weighted by atomic mass is 9.97. The number of hydrogen-bond donors (Lipinski definition) is 3. The van der Waals surface area contributed by atoms with Crippen LogP contribution in [0.15, 0.2) is 15.5 Å². The molecule has 1 heterocycles. The van der Waals surface area contributed by atoms with Crippen molar-refractivity contribution in [2.75, 3.05) is 18.5 Å². The number of nitrogens with one attached hydrogen (secondary N) is 2. The van der Waals surface area contributed by atoms with Crippen molar-refractivity contribution in [1.29, 1.82) is 0 Å². The lowest BCUT2D eigenvalue weighted by Gasteiger charge is -2.18. The van der Waals surface area contributed by atoms with Gasteiger partial charge in [-0.25, -0.2) is 5.10 Å². The Labute approximate surface area is 108 Å². The highest BCUT2D eigenvalue weighted by molar-refractivity contribution is 9.10. The summed E-state index contributed by atoms with van der Waals surface area (Å²) in [6, 6.07) is 0. The minimum Gasteiger partial charge on any atom is -0.396 e. The fourth-order valence-electron chi connectivity index (χ4n) is 2.37. The molecule has 5 nitrogen and oxygen atoms in total. The molecular weight excluding hydrogens is 286 g/mol. The molecule has 0 spiro atoms. The van der Waals surface area contributed by atoms with E-state index in [2.05, 4.69) is 31.4 Å². The van der Waals surface area contributed by atoms with E-state index in [4.69, 9.17) is 0 Å². The van der Waals surface area contributed by atoms with Crippen molar-refractivity contribution in [3.8, 4) is 0 Å². The minimum absolute atomic E-state index is 0.236. The van der Waals surface area contributed by atoms with Crippen molar-refractivity contribution in [2.24, 2.45) is 11.8 Å². The highest BCUT2D eigenvalue weighted by atomic mass is 79.9. The Hall–Kier alpha value is -0.880. The maximum atomic E-state index is 11.3. The normalized spacial score (nSPS) is 23.9. The van der Waals surface area contributed by atoms with Gasteiger partial charge in [0.1, 0.15) is 4.47 Å². The van der Waals surface area contributed by atoms with Gasteiger partial charge in [0.15, 0.2) is 0 Å². The second-order valence-electron chi connectivity index (χ2n) is 4.44. The second kappa shape index (κ2) is 5.64. The van der Waals surface area contributed by atoms with Gasteiger partial charge in [-0.05, 0) is 40.6 Å². The quantitative estimate of drug-likeness (QED) is 0.784. The summed E-state index contributed by atoms with van der Waals surface area (Å²) < 4.78 is 0.478. The zero-order valence-corrected chi connectivity index (χ0v) is 11.0. The Morgan fingerprint density at radius 3 is 3.06 bits per heavy atom. The Kier molecular flexibility index (Phi) is 4.17. The van der Waals surface area contributed by atoms with E-state index in [0.29, 0.717) is 22.0 Å². The third-order valence-electron chi connectivity index (χ3n) is 3.40. The molecule has 0 aliphatic heterocycles. The van der Waals surface area contributed by atoms with Gasteiger partial charge >= 0.3 is 0 Å². The average molecular weight is 302 g/mol. The van der Waals surface area contributed by atoms with Crippen LogP contribution < -0.4 is 10.9 Å². The van der Waals surface area contributed by atoms with Gasteiger partial charge in [0.2, 0.25) is 0 Å². The van der Waals surface area contributed by atoms with Crippen molar-refractivity contribution >= 4 is 21.6 Å². The molecule has 0 bridgehead atoms. The summed E-state index contributed by atoms with van der Waals surface area (Å²) >= 11 is 3.23. The first-order valence-electron chi connectivity index (χ1n) is 5.80. The van der Waals surface area contributed by atoms with Crippen LogP contribution in [0.4, 0.5) is 5.69 Å². The van der Waals surface area contributed by atoms with Crippen molar-refractivity contribution in [3.05, 3.63) is 21.0 Å². The predicted molar refractivity (Wildman–Crippen MR) is 69.0 cm³/mol. The maximum absolute atomic E-state index is 11.3. The van der Waals surface area contributed by atoms with Crippen LogP contribution in [-0.4, -0.2) is 28.5 Å². The molecular formula is C11H16BrN3O2. The van der Waals surface area contributed by atoms with Crippen molar-refractivity contribution in [3.63, 3.8) is 0 Å². The molecule has 1 aromatic rings. The molecule has 1 aliphatic rings. The van der Waals surface area contributed by atoms with Crippen LogP contribution in [0.25, 0.3) is 0 Å². The first-order chi connectivity index (χ1) is 8.22. The van der Waals surface area contributed by atoms with Gasteiger partial charge in [0.25, 0.3) is 5.56 Å². The van der Waals surface area contributed by atoms with Gasteiger partial charge in [-0.15, -0.1) is 0 Å². The number of aliphatic hydroxyl groups excluding tert-OH is 1. The van der Waals surface area contributed by atoms with Gasteiger partial charge < -0.3 is 10.4 Å². The minimum atomic E-state index is -0.236. The highest BCUT2D eigenvalue weighted by Crippen LogP contribution is 2.31. The zero-order chi connectivity index (χ0) is 12.3. The molecule has 1 saturated carbocycles. The molecule has 1 fully saturated rings. The second-order valence-corrected chi connectivity index (χ2v) is 5.23. The number of anilines is 1. The highest BCUT2D eigenvalue weighted by Gasteiger charge is 2.26. The molecule has 1 aliphatic carbocycles. The number of aliphatic hydroxyl groups is 1. The Bertz CT molecular complexity index is 435. The summed E-state index contributed by atoms with van der Waals surface area (Å²) in [5, 5.41) is 18.6. The molecule has 0 aromatic carbocycles. The topological polar surface area (TPSA) is 78.0 Å². The van der Waals surface area contributed by atoms with Crippen LogP contribution in [0, 0.1) is 11.8 Å². The molecule has 1 aromatic heterocycles. The van der Waals surface area contributed by atoms with E-state index < -0.39 is 0 Å². The summed E-state index contributed by atoms with van der Waals surface area (Å²) in [5.41, 5.74) is 0.470. The number of aromatic nitrogens is 2. The van der Waals surface area contributed by atoms with E-state index in [1.807, 2.05) is 0 Å². The first kappa shape index (κ1) is 12.6. The number of halogens is 1. The first-order valence-corrected chi connectivity index (χ1v) is 6.59. The maximum Gasteiger partial charge on any atom is 0.280 e. The predicted octanol–water partition coefficient (Wildman–Crippen LogP) is 1.35. The van der Waals surface area contributed by atoms with Gasteiger partial charge in [0.05, 0.1) is 11.9 Å². The molecule has 2 rings (SSSR count). The fraction of sp³-hybridized carbons (Fsp3) is 0.636. The Morgan fingerprint density at radius 2 is 2.29 bits per heavy atom. The summed E-state index contributed by atoms with van der Waals surface area (Å²) in [6.07, 6.45) is 4.99. The van der Waals surface area contributed by atoms with E-state index in [9.17, 15) is 9.90 Å². The molecule has 0 radical (unpaired) electrons. The summed E-state index contributed by atoms with van der Waals surface area (Å²) in [7, 11) is 0. The van der Waals surface area contributed by atoms with E-state index in [1.165, 1.54) is 6.42 Å². The fourth-order valence-corrected chi connectivity index (χ4v) is 2.70. The molecule has 94 valence electrons. The van der Waals surface area contributed by atoms with Crippen molar-refractivity contribution in [2.45, 2.75) is 19.3 Å². The molecule has 0 amide bonds. The van der Waals surface area contributed by atoms with Crippen molar-refractivity contribution in [1.82, 2.24) is 10.2 Å². The lowest BCUT2D eigenvalue weighted by Crippen LogP contribution is -2.22. The van der Waals surface area contributed by atoms with Crippen LogP contribution in [0.2, 0.25) is 0 Å². The molecule has 0 saturated heterocycles. The number of aromatic amines is 1. The SMILES string of the molecule is O=c1[nH]ncc(NCC2CCCC2CO)c1Br. The van der Waals surface area contributed by atoms with E-state index in [1.54, 1.807) is 6.20 Å². The van der Waals surface area contributed by atoms with Crippen LogP contribution in [0.3, 0.4) is 0 Å². The summed E-state index contributed by atoms with van der Waals surface area (Å²) in [5.74, 6) is 0.863. The van der Waals surface area contributed by atoms with E-state index in [-0.39, 0.29) is 12.2 Å². The van der Waals surface area contributed by atoms with Crippen LogP contribution in [0.1, 0.15) is 19.3 Å². The van der Waals surface area contributed by atoms with Gasteiger partial charge in [0, 0.05) is 13.2 Å². The van der Waals surface area contributed by atoms with Crippen molar-refractivity contribution < 1.29 is 5.11 Å². The number of H-pyrrole nitrogens is 1. The largest absolute Gasteiger partial charge is 0.396 e. The van der Waals surface area contributed by atoms with Gasteiger partial charge in [-0.1, -0.05) is 6.42 Å². The molecule has 2 unspecified atom stereocenters. The standard InChI is InChI=1S/C11H16BrN3O2/c12-10-9(5-14-15-11(10)17)13-4-7-2-1-3-8(7)6-16/h5,7-8,16H,1-4,6H2,(H2,13,15,17). The van der Waals surface area contributed by atoms with Crippen LogP contribution in [-0.2, 0) is 0 Å².